The number of para-hydroxylation sites is 1. The van der Waals surface area contributed by atoms with E-state index >= 15 is 0 Å². The molecule has 0 radical (unpaired) electrons. The molecule has 5 nitrogen and oxygen atoms in total. The largest absolute Gasteiger partial charge is 0.504 e. The predicted molar refractivity (Wildman–Crippen MR) is 100 cm³/mol. The van der Waals surface area contributed by atoms with Gasteiger partial charge in [-0.05, 0) is 37.1 Å². The number of hydrogen-bond acceptors (Lipinski definition) is 5. The van der Waals surface area contributed by atoms with Crippen molar-refractivity contribution < 1.29 is 14.6 Å². The molecule has 0 saturated heterocycles. The number of thiazole rings is 1. The first-order chi connectivity index (χ1) is 12.7. The summed E-state index contributed by atoms with van der Waals surface area (Å²) in [5, 5.41) is 11.3. The number of carbonyl (C=O) groups excluding carboxylic acids is 1. The highest BCUT2D eigenvalue weighted by molar-refractivity contribution is 7.21. The van der Waals surface area contributed by atoms with Crippen molar-refractivity contribution in [1.29, 1.82) is 0 Å². The molecular weight excluding hydrogens is 348 g/mol. The Bertz CT molecular complexity index is 976. The second kappa shape index (κ2) is 5.99. The average molecular weight is 366 g/mol. The maximum atomic E-state index is 12.5. The van der Waals surface area contributed by atoms with Gasteiger partial charge < -0.3 is 14.7 Å². The number of aromatic hydroxyl groups is 1. The zero-order valence-corrected chi connectivity index (χ0v) is 15.0. The molecule has 132 valence electrons. The van der Waals surface area contributed by atoms with Gasteiger partial charge in [0, 0.05) is 23.6 Å². The van der Waals surface area contributed by atoms with Crippen molar-refractivity contribution in [2.75, 3.05) is 13.2 Å². The fourth-order valence-electron chi connectivity index (χ4n) is 3.39. The molecular formula is C20H18N2O3S. The molecule has 26 heavy (non-hydrogen) atoms. The number of carbonyl (C=O) groups is 1. The van der Waals surface area contributed by atoms with Crippen LogP contribution in [0.25, 0.3) is 20.8 Å². The first-order valence-corrected chi connectivity index (χ1v) is 9.64. The summed E-state index contributed by atoms with van der Waals surface area (Å²) in [5.74, 6) is 0.974. The van der Waals surface area contributed by atoms with Gasteiger partial charge in [-0.2, -0.15) is 0 Å². The zero-order chi connectivity index (χ0) is 17.7. The Balaban J connectivity index is 1.54. The first-order valence-electron chi connectivity index (χ1n) is 8.82. The van der Waals surface area contributed by atoms with E-state index in [0.717, 1.165) is 39.2 Å². The molecule has 1 aromatic heterocycles. The van der Waals surface area contributed by atoms with Gasteiger partial charge >= 0.3 is 0 Å². The summed E-state index contributed by atoms with van der Waals surface area (Å²) in [5.41, 5.74) is 2.64. The lowest BCUT2D eigenvalue weighted by atomic mass is 10.1. The van der Waals surface area contributed by atoms with E-state index in [0.29, 0.717) is 25.4 Å². The average Bonchev–Trinajstić information content (AvgIpc) is 3.43. The summed E-state index contributed by atoms with van der Waals surface area (Å²) >= 11 is 1.59. The van der Waals surface area contributed by atoms with Gasteiger partial charge in [0.15, 0.2) is 11.5 Å². The maximum absolute atomic E-state index is 12.5. The minimum atomic E-state index is 0.109. The van der Waals surface area contributed by atoms with Crippen LogP contribution in [0.3, 0.4) is 0 Å². The molecule has 0 atom stereocenters. The van der Waals surface area contributed by atoms with E-state index in [1.54, 1.807) is 17.4 Å². The van der Waals surface area contributed by atoms with E-state index < -0.39 is 0 Å². The summed E-state index contributed by atoms with van der Waals surface area (Å²) < 4.78 is 6.86. The second-order valence-electron chi connectivity index (χ2n) is 6.85. The predicted octanol–water partition coefficient (Wildman–Crippen LogP) is 3.80. The number of aromatic nitrogens is 1. The van der Waals surface area contributed by atoms with Crippen LogP contribution < -0.4 is 4.74 Å². The van der Waals surface area contributed by atoms with E-state index in [2.05, 4.69) is 4.98 Å². The molecule has 1 fully saturated rings. The van der Waals surface area contributed by atoms with Crippen molar-refractivity contribution in [3.05, 3.63) is 42.0 Å². The molecule has 1 aliphatic heterocycles. The lowest BCUT2D eigenvalue weighted by Crippen LogP contribution is -2.33. The lowest BCUT2D eigenvalue weighted by Gasteiger charge is -2.19. The Morgan fingerprint density at radius 2 is 2.12 bits per heavy atom. The number of rotatable bonds is 2. The number of hydrogen-bond donors (Lipinski definition) is 1. The Hall–Kier alpha value is -2.60. The van der Waals surface area contributed by atoms with Crippen LogP contribution in [-0.2, 0) is 11.3 Å². The van der Waals surface area contributed by atoms with Crippen molar-refractivity contribution >= 4 is 27.5 Å². The third-order valence-corrected chi connectivity index (χ3v) is 5.98. The SMILES string of the molecule is O=C(C1CC1)N1CCOc2c(O)cc(-c3nc4ccccc4s3)cc2C1. The number of phenolic OH excluding ortho intramolecular Hbond substituents is 1. The highest BCUT2D eigenvalue weighted by Crippen LogP contribution is 2.40. The van der Waals surface area contributed by atoms with Crippen LogP contribution >= 0.6 is 11.3 Å². The fraction of sp³-hybridized carbons (Fsp3) is 0.300. The summed E-state index contributed by atoms with van der Waals surface area (Å²) in [7, 11) is 0. The Kier molecular flexibility index (Phi) is 3.60. The Morgan fingerprint density at radius 1 is 1.27 bits per heavy atom. The first kappa shape index (κ1) is 15.6. The van der Waals surface area contributed by atoms with Gasteiger partial charge in [-0.25, -0.2) is 4.98 Å². The van der Waals surface area contributed by atoms with Crippen molar-refractivity contribution in [3.63, 3.8) is 0 Å². The van der Waals surface area contributed by atoms with Gasteiger partial charge in [-0.3, -0.25) is 4.79 Å². The second-order valence-corrected chi connectivity index (χ2v) is 7.88. The topological polar surface area (TPSA) is 62.7 Å². The van der Waals surface area contributed by atoms with Crippen LogP contribution in [-0.4, -0.2) is 34.0 Å². The normalized spacial score (nSPS) is 16.8. The molecule has 1 saturated carbocycles. The third-order valence-electron chi connectivity index (χ3n) is 4.89. The monoisotopic (exact) mass is 366 g/mol. The maximum Gasteiger partial charge on any atom is 0.226 e. The van der Waals surface area contributed by atoms with Crippen molar-refractivity contribution in [3.8, 4) is 22.1 Å². The van der Waals surface area contributed by atoms with Crippen molar-refractivity contribution in [1.82, 2.24) is 9.88 Å². The molecule has 1 N–H and O–H groups in total. The Morgan fingerprint density at radius 3 is 2.92 bits per heavy atom. The number of benzene rings is 2. The molecule has 0 unspecified atom stereocenters. The molecule has 1 amide bonds. The van der Waals surface area contributed by atoms with Crippen LogP contribution in [0.15, 0.2) is 36.4 Å². The summed E-state index contributed by atoms with van der Waals surface area (Å²) in [4.78, 5) is 19.0. The lowest BCUT2D eigenvalue weighted by molar-refractivity contribution is -0.133. The minimum Gasteiger partial charge on any atom is -0.504 e. The molecule has 2 aromatic carbocycles. The fourth-order valence-corrected chi connectivity index (χ4v) is 4.35. The zero-order valence-electron chi connectivity index (χ0n) is 14.1. The molecule has 1 aliphatic carbocycles. The van der Waals surface area contributed by atoms with E-state index in [4.69, 9.17) is 4.74 Å². The molecule has 3 aromatic rings. The molecule has 0 bridgehead atoms. The van der Waals surface area contributed by atoms with Crippen LogP contribution in [0, 0.1) is 5.92 Å². The molecule has 0 spiro atoms. The standard InChI is InChI=1S/C20H18N2O3S/c23-16-10-13(19-21-15-3-1-2-4-17(15)26-19)9-14-11-22(7-8-25-18(14)16)20(24)12-5-6-12/h1-4,9-10,12,23H,5-8,11H2. The van der Waals surface area contributed by atoms with Crippen molar-refractivity contribution in [2.24, 2.45) is 5.92 Å². The van der Waals surface area contributed by atoms with Crippen LogP contribution in [0.5, 0.6) is 11.5 Å². The summed E-state index contributed by atoms with van der Waals surface area (Å²) in [6, 6.07) is 11.7. The number of phenols is 1. The van der Waals surface area contributed by atoms with E-state index in [9.17, 15) is 9.90 Å². The highest BCUT2D eigenvalue weighted by atomic mass is 32.1. The Labute approximate surface area is 154 Å². The molecule has 2 aliphatic rings. The van der Waals surface area contributed by atoms with E-state index in [-0.39, 0.29) is 17.6 Å². The summed E-state index contributed by atoms with van der Waals surface area (Å²) in [6.45, 7) is 1.43. The quantitative estimate of drug-likeness (QED) is 0.749. The highest BCUT2D eigenvalue weighted by Gasteiger charge is 2.34. The van der Waals surface area contributed by atoms with Gasteiger partial charge in [-0.1, -0.05) is 12.1 Å². The molecule has 2 heterocycles. The van der Waals surface area contributed by atoms with Crippen molar-refractivity contribution in [2.45, 2.75) is 19.4 Å². The van der Waals surface area contributed by atoms with Crippen LogP contribution in [0.1, 0.15) is 18.4 Å². The number of amides is 1. The third kappa shape index (κ3) is 2.70. The van der Waals surface area contributed by atoms with Gasteiger partial charge in [0.05, 0.1) is 16.8 Å². The minimum absolute atomic E-state index is 0.109. The number of fused-ring (bicyclic) bond motifs is 2. The summed E-state index contributed by atoms with van der Waals surface area (Å²) in [6.07, 6.45) is 1.97. The van der Waals surface area contributed by atoms with Gasteiger partial charge in [0.2, 0.25) is 5.91 Å². The van der Waals surface area contributed by atoms with Gasteiger partial charge in [0.1, 0.15) is 11.6 Å². The molecule has 5 rings (SSSR count). The number of nitrogens with zero attached hydrogens (tertiary/aromatic N) is 2. The van der Waals surface area contributed by atoms with E-state index in [1.165, 1.54) is 0 Å². The van der Waals surface area contributed by atoms with Crippen LogP contribution in [0.4, 0.5) is 0 Å². The molecule has 6 heteroatoms. The van der Waals surface area contributed by atoms with Crippen LogP contribution in [0.2, 0.25) is 0 Å². The smallest absolute Gasteiger partial charge is 0.226 e. The van der Waals surface area contributed by atoms with Gasteiger partial charge in [0.25, 0.3) is 0 Å². The number of ether oxygens (including phenoxy) is 1. The van der Waals surface area contributed by atoms with Gasteiger partial charge in [-0.15, -0.1) is 11.3 Å². The van der Waals surface area contributed by atoms with E-state index in [1.807, 2.05) is 35.2 Å².